The first kappa shape index (κ1) is 12.1. The van der Waals surface area contributed by atoms with Crippen molar-refractivity contribution in [3.05, 3.63) is 21.9 Å². The van der Waals surface area contributed by atoms with Crippen LogP contribution in [0.25, 0.3) is 0 Å². The van der Waals surface area contributed by atoms with Crippen molar-refractivity contribution >= 4 is 11.3 Å². The Kier molecular flexibility index (Phi) is 3.38. The molecule has 1 aliphatic heterocycles. The highest BCUT2D eigenvalue weighted by atomic mass is 32.1. The third-order valence-corrected chi connectivity index (χ3v) is 4.73. The Hall–Kier alpha value is -0.380. The number of nitrogens with zero attached hydrogens (tertiary/aromatic N) is 1. The van der Waals surface area contributed by atoms with Gasteiger partial charge in [-0.15, -0.1) is 11.3 Å². The molecule has 0 amide bonds. The van der Waals surface area contributed by atoms with Crippen LogP contribution in [0.3, 0.4) is 0 Å². The minimum absolute atomic E-state index is 0.360. The summed E-state index contributed by atoms with van der Waals surface area (Å²) in [6.45, 7) is 9.03. The summed E-state index contributed by atoms with van der Waals surface area (Å²) in [5.74, 6) is 0.360. The van der Waals surface area contributed by atoms with Crippen molar-refractivity contribution in [3.63, 3.8) is 0 Å². The zero-order chi connectivity index (χ0) is 11.8. The molecule has 0 saturated carbocycles. The lowest BCUT2D eigenvalue weighted by Gasteiger charge is -2.49. The molecule has 0 atom stereocenters. The fourth-order valence-electron chi connectivity index (χ4n) is 2.12. The number of likely N-dealkylation sites (tertiary alicyclic amines) is 1. The second kappa shape index (κ2) is 4.47. The lowest BCUT2D eigenvalue weighted by atomic mass is 9.83. The molecule has 2 heterocycles. The number of aliphatic hydroxyl groups is 1. The van der Waals surface area contributed by atoms with Gasteiger partial charge >= 0.3 is 0 Å². The van der Waals surface area contributed by atoms with Gasteiger partial charge in [-0.05, 0) is 24.5 Å². The summed E-state index contributed by atoms with van der Waals surface area (Å²) in [6, 6.07) is 4.44. The van der Waals surface area contributed by atoms with Crippen molar-refractivity contribution in [3.8, 4) is 0 Å². The maximum atomic E-state index is 10.1. The molecule has 1 fully saturated rings. The largest absolute Gasteiger partial charge is 0.387 e. The van der Waals surface area contributed by atoms with E-state index in [-0.39, 0.29) is 0 Å². The maximum Gasteiger partial charge on any atom is 0.0923 e. The first-order valence-electron chi connectivity index (χ1n) is 6.06. The minimum atomic E-state index is -0.440. The van der Waals surface area contributed by atoms with E-state index in [0.717, 1.165) is 26.1 Å². The van der Waals surface area contributed by atoms with Crippen LogP contribution in [0.2, 0.25) is 0 Å². The van der Waals surface area contributed by atoms with Gasteiger partial charge in [0.2, 0.25) is 0 Å². The van der Waals surface area contributed by atoms with E-state index in [0.29, 0.717) is 5.92 Å². The van der Waals surface area contributed by atoms with Gasteiger partial charge in [0.25, 0.3) is 0 Å². The zero-order valence-electron chi connectivity index (χ0n) is 10.4. The summed E-state index contributed by atoms with van der Waals surface area (Å²) < 4.78 is 0. The molecule has 0 spiro atoms. The molecule has 2 rings (SSSR count). The Morgan fingerprint density at radius 2 is 2.00 bits per heavy atom. The van der Waals surface area contributed by atoms with E-state index in [1.807, 2.05) is 11.3 Å². The SMILES string of the molecule is CCc1ccc(CN2CC(O)(C(C)C)C2)s1. The summed E-state index contributed by atoms with van der Waals surface area (Å²) >= 11 is 1.90. The van der Waals surface area contributed by atoms with Crippen molar-refractivity contribution in [2.45, 2.75) is 39.3 Å². The predicted molar refractivity (Wildman–Crippen MR) is 68.8 cm³/mol. The molecule has 1 aliphatic rings. The van der Waals surface area contributed by atoms with Crippen LogP contribution in [-0.4, -0.2) is 28.7 Å². The van der Waals surface area contributed by atoms with E-state index >= 15 is 0 Å². The highest BCUT2D eigenvalue weighted by molar-refractivity contribution is 7.11. The Morgan fingerprint density at radius 3 is 2.50 bits per heavy atom. The van der Waals surface area contributed by atoms with E-state index < -0.39 is 5.60 Å². The van der Waals surface area contributed by atoms with Crippen molar-refractivity contribution in [1.29, 1.82) is 0 Å². The monoisotopic (exact) mass is 239 g/mol. The average Bonchev–Trinajstić information content (AvgIpc) is 2.62. The quantitative estimate of drug-likeness (QED) is 0.872. The highest BCUT2D eigenvalue weighted by Gasteiger charge is 2.43. The zero-order valence-corrected chi connectivity index (χ0v) is 11.2. The molecule has 0 radical (unpaired) electrons. The number of hydrogen-bond acceptors (Lipinski definition) is 3. The van der Waals surface area contributed by atoms with Gasteiger partial charge in [0.15, 0.2) is 0 Å². The van der Waals surface area contributed by atoms with E-state index in [1.165, 1.54) is 9.75 Å². The predicted octanol–water partition coefficient (Wildman–Crippen LogP) is 2.51. The first-order chi connectivity index (χ1) is 7.53. The first-order valence-corrected chi connectivity index (χ1v) is 6.87. The lowest BCUT2D eigenvalue weighted by molar-refractivity contribution is -0.130. The fourth-order valence-corrected chi connectivity index (χ4v) is 3.12. The van der Waals surface area contributed by atoms with Crippen molar-refractivity contribution in [2.24, 2.45) is 5.92 Å². The van der Waals surface area contributed by atoms with Gasteiger partial charge in [-0.2, -0.15) is 0 Å². The van der Waals surface area contributed by atoms with Crippen LogP contribution in [0.4, 0.5) is 0 Å². The van der Waals surface area contributed by atoms with Gasteiger partial charge in [0.05, 0.1) is 5.60 Å². The van der Waals surface area contributed by atoms with Crippen LogP contribution in [0.5, 0.6) is 0 Å². The molecule has 0 aromatic carbocycles. The van der Waals surface area contributed by atoms with Crippen molar-refractivity contribution in [2.75, 3.05) is 13.1 Å². The van der Waals surface area contributed by atoms with Crippen LogP contribution < -0.4 is 0 Å². The molecule has 1 saturated heterocycles. The Balaban J connectivity index is 1.85. The minimum Gasteiger partial charge on any atom is -0.387 e. The van der Waals surface area contributed by atoms with Crippen LogP contribution in [0, 0.1) is 5.92 Å². The van der Waals surface area contributed by atoms with E-state index in [4.69, 9.17) is 0 Å². The van der Waals surface area contributed by atoms with Crippen LogP contribution in [0.1, 0.15) is 30.5 Å². The molecule has 0 bridgehead atoms. The van der Waals surface area contributed by atoms with Crippen molar-refractivity contribution < 1.29 is 5.11 Å². The number of rotatable bonds is 4. The summed E-state index contributed by atoms with van der Waals surface area (Å²) in [5, 5.41) is 10.1. The number of hydrogen-bond donors (Lipinski definition) is 1. The van der Waals surface area contributed by atoms with E-state index in [1.54, 1.807) is 0 Å². The second-order valence-electron chi connectivity index (χ2n) is 5.13. The van der Waals surface area contributed by atoms with Gasteiger partial charge in [0.1, 0.15) is 0 Å². The molecule has 1 aromatic heterocycles. The Bertz CT molecular complexity index is 353. The van der Waals surface area contributed by atoms with E-state index in [9.17, 15) is 5.11 Å². The van der Waals surface area contributed by atoms with Gasteiger partial charge in [0, 0.05) is 29.4 Å². The smallest absolute Gasteiger partial charge is 0.0923 e. The number of aryl methyl sites for hydroxylation is 1. The topological polar surface area (TPSA) is 23.5 Å². The Morgan fingerprint density at radius 1 is 1.38 bits per heavy atom. The third-order valence-electron chi connectivity index (χ3n) is 3.51. The molecule has 1 N–H and O–H groups in total. The number of β-amino-alcohol motifs (C(OH)–C–C–N with tert-alkyl or cyclic N) is 1. The standard InChI is InChI=1S/C13H21NOS/c1-4-11-5-6-12(16-11)7-14-8-13(15,9-14)10(2)3/h5-6,10,15H,4,7-9H2,1-3H3. The third kappa shape index (κ3) is 2.31. The van der Waals surface area contributed by atoms with Crippen molar-refractivity contribution in [1.82, 2.24) is 4.90 Å². The lowest BCUT2D eigenvalue weighted by Crippen LogP contribution is -2.63. The van der Waals surface area contributed by atoms with Crippen LogP contribution in [0.15, 0.2) is 12.1 Å². The van der Waals surface area contributed by atoms with Gasteiger partial charge in [-0.3, -0.25) is 4.90 Å². The normalized spacial score (nSPS) is 20.1. The summed E-state index contributed by atoms with van der Waals surface area (Å²) in [4.78, 5) is 5.20. The van der Waals surface area contributed by atoms with Crippen LogP contribution in [-0.2, 0) is 13.0 Å². The van der Waals surface area contributed by atoms with Gasteiger partial charge in [-0.1, -0.05) is 20.8 Å². The molecule has 90 valence electrons. The molecular formula is C13H21NOS. The summed E-state index contributed by atoms with van der Waals surface area (Å²) in [5.41, 5.74) is -0.440. The van der Waals surface area contributed by atoms with Gasteiger partial charge in [-0.25, -0.2) is 0 Å². The fraction of sp³-hybridized carbons (Fsp3) is 0.692. The molecule has 3 heteroatoms. The average molecular weight is 239 g/mol. The number of thiophene rings is 1. The van der Waals surface area contributed by atoms with Crippen LogP contribution >= 0.6 is 11.3 Å². The molecular weight excluding hydrogens is 218 g/mol. The molecule has 2 nitrogen and oxygen atoms in total. The second-order valence-corrected chi connectivity index (χ2v) is 6.38. The summed E-state index contributed by atoms with van der Waals surface area (Å²) in [6.07, 6.45) is 1.13. The molecule has 16 heavy (non-hydrogen) atoms. The molecule has 0 aliphatic carbocycles. The molecule has 0 unspecified atom stereocenters. The maximum absolute atomic E-state index is 10.1. The van der Waals surface area contributed by atoms with Gasteiger partial charge < -0.3 is 5.11 Å². The Labute approximate surface area is 102 Å². The molecule has 1 aromatic rings. The summed E-state index contributed by atoms with van der Waals surface area (Å²) in [7, 11) is 0. The highest BCUT2D eigenvalue weighted by Crippen LogP contribution is 2.30. The van der Waals surface area contributed by atoms with E-state index in [2.05, 4.69) is 37.8 Å².